The lowest BCUT2D eigenvalue weighted by Crippen LogP contribution is -2.42. The molecule has 122 valence electrons. The minimum Gasteiger partial charge on any atom is -0.492 e. The highest BCUT2D eigenvalue weighted by atomic mass is 19.1. The lowest BCUT2D eigenvalue weighted by Gasteiger charge is -2.30. The molecule has 22 heavy (non-hydrogen) atoms. The van der Waals surface area contributed by atoms with Crippen molar-refractivity contribution in [3.05, 3.63) is 30.1 Å². The highest BCUT2D eigenvalue weighted by Gasteiger charge is 2.19. The van der Waals surface area contributed by atoms with Gasteiger partial charge in [-0.25, -0.2) is 4.39 Å². The molecule has 0 atom stereocenters. The Balaban J connectivity index is 1.57. The number of nitrogens with zero attached hydrogens (tertiary/aromatic N) is 1. The molecule has 1 heterocycles. The lowest BCUT2D eigenvalue weighted by atomic mass is 9.98. The van der Waals surface area contributed by atoms with Crippen molar-refractivity contribution in [1.82, 2.24) is 10.2 Å². The number of nitrogens with one attached hydrogen (secondary N) is 1. The van der Waals surface area contributed by atoms with Crippen LogP contribution in [0.3, 0.4) is 0 Å². The van der Waals surface area contributed by atoms with Crippen LogP contribution >= 0.6 is 0 Å². The first kappa shape index (κ1) is 16.7. The summed E-state index contributed by atoms with van der Waals surface area (Å²) in [5.41, 5.74) is 0. The maximum Gasteiger partial charge on any atom is 0.234 e. The van der Waals surface area contributed by atoms with E-state index < -0.39 is 0 Å². The molecule has 1 amide bonds. The average molecular weight is 310 g/mol. The van der Waals surface area contributed by atoms with Gasteiger partial charge < -0.3 is 15.2 Å². The Morgan fingerprint density at radius 3 is 2.64 bits per heavy atom. The molecule has 1 aromatic rings. The van der Waals surface area contributed by atoms with Gasteiger partial charge in [-0.1, -0.05) is 0 Å². The minimum atomic E-state index is -0.300. The highest BCUT2D eigenvalue weighted by molar-refractivity contribution is 5.77. The van der Waals surface area contributed by atoms with Crippen LogP contribution in [0.5, 0.6) is 5.75 Å². The summed E-state index contributed by atoms with van der Waals surface area (Å²) in [5, 5.41) is 11.9. The number of hydrogen-bond donors (Lipinski definition) is 2. The Bertz CT molecular complexity index is 459. The third kappa shape index (κ3) is 5.61. The van der Waals surface area contributed by atoms with Crippen molar-refractivity contribution in [2.24, 2.45) is 5.92 Å². The van der Waals surface area contributed by atoms with Gasteiger partial charge in [0.05, 0.1) is 13.1 Å². The van der Waals surface area contributed by atoms with E-state index in [0.717, 1.165) is 25.9 Å². The number of likely N-dealkylation sites (tertiary alicyclic amines) is 1. The van der Waals surface area contributed by atoms with Crippen LogP contribution in [0.4, 0.5) is 4.39 Å². The first-order chi connectivity index (χ1) is 10.7. The highest BCUT2D eigenvalue weighted by Crippen LogP contribution is 2.15. The van der Waals surface area contributed by atoms with Crippen LogP contribution in [0.15, 0.2) is 24.3 Å². The van der Waals surface area contributed by atoms with Crippen molar-refractivity contribution in [2.45, 2.75) is 12.8 Å². The zero-order valence-electron chi connectivity index (χ0n) is 12.6. The molecule has 0 aliphatic carbocycles. The van der Waals surface area contributed by atoms with E-state index in [4.69, 9.17) is 9.84 Å². The zero-order valence-corrected chi connectivity index (χ0v) is 12.6. The molecule has 0 spiro atoms. The summed E-state index contributed by atoms with van der Waals surface area (Å²) in [6, 6.07) is 5.79. The van der Waals surface area contributed by atoms with Crippen LogP contribution < -0.4 is 10.1 Å². The zero-order chi connectivity index (χ0) is 15.8. The van der Waals surface area contributed by atoms with Gasteiger partial charge in [-0.3, -0.25) is 9.69 Å². The molecule has 0 saturated carbocycles. The summed E-state index contributed by atoms with van der Waals surface area (Å²) in [7, 11) is 0. The molecule has 6 heteroatoms. The number of hydrogen-bond acceptors (Lipinski definition) is 4. The second-order valence-corrected chi connectivity index (χ2v) is 5.55. The van der Waals surface area contributed by atoms with Gasteiger partial charge in [-0.05, 0) is 56.1 Å². The quantitative estimate of drug-likeness (QED) is 0.738. The topological polar surface area (TPSA) is 61.8 Å². The van der Waals surface area contributed by atoms with Gasteiger partial charge in [0.2, 0.25) is 5.91 Å². The minimum absolute atomic E-state index is 0.0230. The van der Waals surface area contributed by atoms with Gasteiger partial charge in [-0.2, -0.15) is 0 Å². The summed E-state index contributed by atoms with van der Waals surface area (Å²) in [5.74, 6) is 0.640. The second-order valence-electron chi connectivity index (χ2n) is 5.55. The molecule has 0 unspecified atom stereocenters. The lowest BCUT2D eigenvalue weighted by molar-refractivity contribution is -0.122. The molecule has 1 aromatic carbocycles. The number of aliphatic hydroxyl groups excluding tert-OH is 1. The van der Waals surface area contributed by atoms with Gasteiger partial charge in [-0.15, -0.1) is 0 Å². The number of carbonyl (C=O) groups excluding carboxylic acids is 1. The van der Waals surface area contributed by atoms with Gasteiger partial charge in [0.15, 0.2) is 0 Å². The first-order valence-electron chi connectivity index (χ1n) is 7.65. The van der Waals surface area contributed by atoms with Crippen molar-refractivity contribution in [2.75, 3.05) is 39.4 Å². The number of halogens is 1. The summed E-state index contributed by atoms with van der Waals surface area (Å²) in [6.45, 7) is 3.10. The Morgan fingerprint density at radius 1 is 1.32 bits per heavy atom. The largest absolute Gasteiger partial charge is 0.492 e. The fourth-order valence-electron chi connectivity index (χ4n) is 2.48. The van der Waals surface area contributed by atoms with Crippen molar-refractivity contribution < 1.29 is 19.0 Å². The summed E-state index contributed by atoms with van der Waals surface area (Å²) >= 11 is 0. The van der Waals surface area contributed by atoms with Crippen molar-refractivity contribution >= 4 is 5.91 Å². The average Bonchev–Trinajstić information content (AvgIpc) is 2.54. The third-order valence-corrected chi connectivity index (χ3v) is 3.84. The summed E-state index contributed by atoms with van der Waals surface area (Å²) in [4.78, 5) is 13.9. The molecular weight excluding hydrogens is 287 g/mol. The van der Waals surface area contributed by atoms with E-state index in [9.17, 15) is 9.18 Å². The smallest absolute Gasteiger partial charge is 0.234 e. The fourth-order valence-corrected chi connectivity index (χ4v) is 2.48. The first-order valence-corrected chi connectivity index (χ1v) is 7.65. The number of benzene rings is 1. The Labute approximate surface area is 130 Å². The van der Waals surface area contributed by atoms with Crippen LogP contribution in [-0.2, 0) is 4.79 Å². The predicted octanol–water partition coefficient (Wildman–Crippen LogP) is 1.03. The van der Waals surface area contributed by atoms with E-state index in [0.29, 0.717) is 31.4 Å². The van der Waals surface area contributed by atoms with E-state index in [1.807, 2.05) is 0 Å². The Hall–Kier alpha value is -1.66. The number of ether oxygens (including phenoxy) is 1. The molecule has 2 N–H and O–H groups in total. The van der Waals surface area contributed by atoms with E-state index in [2.05, 4.69) is 10.2 Å². The molecule has 0 bridgehead atoms. The summed E-state index contributed by atoms with van der Waals surface area (Å²) in [6.07, 6.45) is 1.88. The Kier molecular flexibility index (Phi) is 6.61. The molecule has 1 aliphatic rings. The number of piperidine rings is 1. The van der Waals surface area contributed by atoms with Gasteiger partial charge >= 0.3 is 0 Å². The maximum absolute atomic E-state index is 12.7. The fraction of sp³-hybridized carbons (Fsp3) is 0.562. The number of rotatable bonds is 7. The molecular formula is C16H23FN2O3. The van der Waals surface area contributed by atoms with E-state index in [1.54, 1.807) is 12.1 Å². The van der Waals surface area contributed by atoms with Gasteiger partial charge in [0, 0.05) is 6.61 Å². The number of carbonyl (C=O) groups is 1. The van der Waals surface area contributed by atoms with Crippen LogP contribution in [0, 0.1) is 11.7 Å². The second kappa shape index (κ2) is 8.70. The van der Waals surface area contributed by atoms with Crippen LogP contribution in [0.25, 0.3) is 0 Å². The third-order valence-electron chi connectivity index (χ3n) is 3.84. The molecule has 1 saturated heterocycles. The number of amides is 1. The molecule has 0 aromatic heterocycles. The molecule has 2 rings (SSSR count). The summed E-state index contributed by atoms with van der Waals surface area (Å²) < 4.78 is 18.1. The number of aliphatic hydroxyl groups is 1. The molecule has 1 fully saturated rings. The molecule has 1 aliphatic heterocycles. The SMILES string of the molecule is O=C(CN1CCC(CO)CC1)NCCOc1ccc(F)cc1. The Morgan fingerprint density at radius 2 is 2.00 bits per heavy atom. The van der Waals surface area contributed by atoms with Crippen molar-refractivity contribution in [3.8, 4) is 5.75 Å². The van der Waals surface area contributed by atoms with E-state index >= 15 is 0 Å². The predicted molar refractivity (Wildman–Crippen MR) is 81.2 cm³/mol. The van der Waals surface area contributed by atoms with Crippen LogP contribution in [0.1, 0.15) is 12.8 Å². The standard InChI is InChI=1S/C16H23FN2O3/c17-14-1-3-15(4-2-14)22-10-7-18-16(21)11-19-8-5-13(12-20)6-9-19/h1-4,13,20H,5-12H2,(H,18,21). The van der Waals surface area contributed by atoms with Crippen molar-refractivity contribution in [3.63, 3.8) is 0 Å². The molecule has 5 nitrogen and oxygen atoms in total. The van der Waals surface area contributed by atoms with Gasteiger partial charge in [0.25, 0.3) is 0 Å². The van der Waals surface area contributed by atoms with Crippen LogP contribution in [-0.4, -0.2) is 55.3 Å². The van der Waals surface area contributed by atoms with Crippen molar-refractivity contribution in [1.29, 1.82) is 0 Å². The van der Waals surface area contributed by atoms with Gasteiger partial charge in [0.1, 0.15) is 18.2 Å². The normalized spacial score (nSPS) is 16.5. The maximum atomic E-state index is 12.7. The van der Waals surface area contributed by atoms with Crippen LogP contribution in [0.2, 0.25) is 0 Å². The van der Waals surface area contributed by atoms with E-state index in [1.165, 1.54) is 12.1 Å². The van der Waals surface area contributed by atoms with E-state index in [-0.39, 0.29) is 18.3 Å². The molecule has 0 radical (unpaired) electrons. The monoisotopic (exact) mass is 310 g/mol.